The van der Waals surface area contributed by atoms with E-state index in [9.17, 15) is 18.0 Å². The first-order valence-corrected chi connectivity index (χ1v) is 11.0. The van der Waals surface area contributed by atoms with E-state index in [-0.39, 0.29) is 17.8 Å². The maximum atomic E-state index is 13.1. The Labute approximate surface area is 161 Å². The fraction of sp³-hybridized carbons (Fsp3) is 0.579. The van der Waals surface area contributed by atoms with E-state index in [1.54, 1.807) is 30.0 Å². The Bertz CT molecular complexity index is 785. The number of anilines is 1. The highest BCUT2D eigenvalue weighted by Gasteiger charge is 2.36. The molecular weight excluding hydrogens is 368 g/mol. The molecule has 8 heteroatoms. The van der Waals surface area contributed by atoms with Crippen LogP contribution in [0.1, 0.15) is 31.7 Å². The molecule has 2 rings (SSSR count). The van der Waals surface area contributed by atoms with Gasteiger partial charge in [0.25, 0.3) is 0 Å². The summed E-state index contributed by atoms with van der Waals surface area (Å²) < 4.78 is 31.0. The van der Waals surface area contributed by atoms with Crippen molar-refractivity contribution in [3.8, 4) is 0 Å². The molecule has 1 heterocycles. The molecule has 150 valence electrons. The number of rotatable bonds is 6. The lowest BCUT2D eigenvalue weighted by Crippen LogP contribution is -2.52. The van der Waals surface area contributed by atoms with Crippen molar-refractivity contribution in [1.82, 2.24) is 4.90 Å². The molecule has 0 unspecified atom stereocenters. The molecule has 7 nitrogen and oxygen atoms in total. The van der Waals surface area contributed by atoms with Gasteiger partial charge in [-0.25, -0.2) is 8.42 Å². The third-order valence-corrected chi connectivity index (χ3v) is 6.09. The molecule has 0 N–H and O–H groups in total. The second-order valence-electron chi connectivity index (χ2n) is 6.94. The molecule has 27 heavy (non-hydrogen) atoms. The minimum Gasteiger partial charge on any atom is -0.469 e. The van der Waals surface area contributed by atoms with Gasteiger partial charge in [0.05, 0.1) is 25.0 Å². The molecule has 0 aliphatic carbocycles. The van der Waals surface area contributed by atoms with Crippen molar-refractivity contribution in [1.29, 1.82) is 0 Å². The van der Waals surface area contributed by atoms with E-state index in [1.807, 2.05) is 13.0 Å². The highest BCUT2D eigenvalue weighted by Crippen LogP contribution is 2.26. The van der Waals surface area contributed by atoms with E-state index >= 15 is 0 Å². The first-order valence-electron chi connectivity index (χ1n) is 9.11. The van der Waals surface area contributed by atoms with Crippen molar-refractivity contribution in [2.75, 3.05) is 30.8 Å². The molecule has 1 fully saturated rings. The fourth-order valence-electron chi connectivity index (χ4n) is 3.52. The van der Waals surface area contributed by atoms with Gasteiger partial charge in [-0.1, -0.05) is 19.1 Å². The van der Waals surface area contributed by atoms with Crippen LogP contribution in [-0.2, 0) is 24.3 Å². The summed E-state index contributed by atoms with van der Waals surface area (Å²) >= 11 is 0. The Kier molecular flexibility index (Phi) is 6.86. The normalized spacial score (nSPS) is 16.7. The number of aryl methyl sites for hydroxylation is 1. The molecule has 0 radical (unpaired) electrons. The average Bonchev–Trinajstić information content (AvgIpc) is 2.63. The summed E-state index contributed by atoms with van der Waals surface area (Å²) in [7, 11) is -2.29. The van der Waals surface area contributed by atoms with Crippen LogP contribution in [0.2, 0.25) is 0 Å². The summed E-state index contributed by atoms with van der Waals surface area (Å²) in [5.41, 5.74) is 1.41. The first-order chi connectivity index (χ1) is 12.7. The number of ether oxygens (including phenoxy) is 1. The predicted molar refractivity (Wildman–Crippen MR) is 104 cm³/mol. The van der Waals surface area contributed by atoms with E-state index < -0.39 is 16.1 Å². The Morgan fingerprint density at radius 2 is 1.93 bits per heavy atom. The van der Waals surface area contributed by atoms with Crippen LogP contribution >= 0.6 is 0 Å². The molecule has 1 saturated heterocycles. The van der Waals surface area contributed by atoms with Gasteiger partial charge in [0, 0.05) is 13.1 Å². The van der Waals surface area contributed by atoms with Gasteiger partial charge in [-0.2, -0.15) is 0 Å². The molecule has 0 spiro atoms. The van der Waals surface area contributed by atoms with Gasteiger partial charge in [-0.05, 0) is 43.9 Å². The number of carbonyl (C=O) groups is 2. The van der Waals surface area contributed by atoms with Crippen molar-refractivity contribution in [2.45, 2.75) is 39.2 Å². The standard InChI is InChI=1S/C19H28N2O5S/c1-5-17(18(22)20-11-9-15(10-12-20)19(23)26-3)21(27(4,24)25)16-8-6-7-14(2)13-16/h6-8,13,15,17H,5,9-12H2,1-4H3/t17-/m0/s1. The van der Waals surface area contributed by atoms with Crippen LogP contribution in [0.4, 0.5) is 5.69 Å². The second kappa shape index (κ2) is 8.73. The molecule has 0 aromatic heterocycles. The van der Waals surface area contributed by atoms with E-state index in [0.717, 1.165) is 11.8 Å². The van der Waals surface area contributed by atoms with Gasteiger partial charge < -0.3 is 9.64 Å². The van der Waals surface area contributed by atoms with E-state index in [1.165, 1.54) is 11.4 Å². The number of benzene rings is 1. The van der Waals surface area contributed by atoms with Gasteiger partial charge in [0.2, 0.25) is 15.9 Å². The maximum Gasteiger partial charge on any atom is 0.308 e. The summed E-state index contributed by atoms with van der Waals surface area (Å²) in [4.78, 5) is 26.5. The Morgan fingerprint density at radius 3 is 2.41 bits per heavy atom. The quantitative estimate of drug-likeness (QED) is 0.686. The van der Waals surface area contributed by atoms with Crippen LogP contribution in [-0.4, -0.2) is 57.7 Å². The summed E-state index contributed by atoms with van der Waals surface area (Å²) in [6.07, 6.45) is 2.53. The van der Waals surface area contributed by atoms with Gasteiger partial charge in [0.15, 0.2) is 0 Å². The van der Waals surface area contributed by atoms with Gasteiger partial charge in [-0.3, -0.25) is 13.9 Å². The number of esters is 1. The first kappa shape index (κ1) is 21.2. The van der Waals surface area contributed by atoms with Crippen LogP contribution < -0.4 is 4.31 Å². The number of methoxy groups -OCH3 is 1. The average molecular weight is 397 g/mol. The smallest absolute Gasteiger partial charge is 0.308 e. The zero-order valence-electron chi connectivity index (χ0n) is 16.3. The van der Waals surface area contributed by atoms with E-state index in [4.69, 9.17) is 4.74 Å². The summed E-state index contributed by atoms with van der Waals surface area (Å²) in [5, 5.41) is 0. The highest BCUT2D eigenvalue weighted by atomic mass is 32.2. The fourth-order valence-corrected chi connectivity index (χ4v) is 4.72. The van der Waals surface area contributed by atoms with Crippen molar-refractivity contribution in [3.05, 3.63) is 29.8 Å². The number of nitrogens with zero attached hydrogens (tertiary/aromatic N) is 2. The van der Waals surface area contributed by atoms with Crippen molar-refractivity contribution in [2.24, 2.45) is 5.92 Å². The molecule has 1 aromatic rings. The van der Waals surface area contributed by atoms with Crippen molar-refractivity contribution >= 4 is 27.6 Å². The molecule has 1 amide bonds. The van der Waals surface area contributed by atoms with Crippen molar-refractivity contribution < 1.29 is 22.7 Å². The van der Waals surface area contributed by atoms with Gasteiger partial charge in [0.1, 0.15) is 6.04 Å². The van der Waals surface area contributed by atoms with Crippen LogP contribution in [0.3, 0.4) is 0 Å². The summed E-state index contributed by atoms with van der Waals surface area (Å²) in [6.45, 7) is 4.52. The van der Waals surface area contributed by atoms with Crippen LogP contribution in [0.15, 0.2) is 24.3 Å². The minimum atomic E-state index is -3.65. The van der Waals surface area contributed by atoms with E-state index in [2.05, 4.69) is 0 Å². The number of sulfonamides is 1. The number of likely N-dealkylation sites (tertiary alicyclic amines) is 1. The third-order valence-electron chi connectivity index (χ3n) is 4.91. The monoisotopic (exact) mass is 396 g/mol. The van der Waals surface area contributed by atoms with Crippen molar-refractivity contribution in [3.63, 3.8) is 0 Å². The van der Waals surface area contributed by atoms with Gasteiger partial charge in [-0.15, -0.1) is 0 Å². The van der Waals surface area contributed by atoms with Crippen LogP contribution in [0, 0.1) is 12.8 Å². The highest BCUT2D eigenvalue weighted by molar-refractivity contribution is 7.92. The Balaban J connectivity index is 2.24. The number of carbonyl (C=O) groups excluding carboxylic acids is 2. The zero-order chi connectivity index (χ0) is 20.2. The molecule has 1 atom stereocenters. The SMILES string of the molecule is CC[C@@H](C(=O)N1CCC(C(=O)OC)CC1)N(c1cccc(C)c1)S(C)(=O)=O. The largest absolute Gasteiger partial charge is 0.469 e. The predicted octanol–water partition coefficient (Wildman–Crippen LogP) is 1.95. The Morgan fingerprint density at radius 1 is 1.30 bits per heavy atom. The lowest BCUT2D eigenvalue weighted by molar-refractivity contribution is -0.149. The number of amides is 1. The van der Waals surface area contributed by atoms with Gasteiger partial charge >= 0.3 is 5.97 Å². The number of piperidine rings is 1. The molecule has 1 aromatic carbocycles. The molecule has 0 saturated carbocycles. The molecule has 1 aliphatic heterocycles. The lowest BCUT2D eigenvalue weighted by Gasteiger charge is -2.37. The molecule has 1 aliphatic rings. The maximum absolute atomic E-state index is 13.1. The third kappa shape index (κ3) is 5.00. The second-order valence-corrected chi connectivity index (χ2v) is 8.80. The zero-order valence-corrected chi connectivity index (χ0v) is 17.2. The number of hydrogen-bond donors (Lipinski definition) is 0. The summed E-state index contributed by atoms with van der Waals surface area (Å²) in [6, 6.07) is 6.32. The minimum absolute atomic E-state index is 0.207. The topological polar surface area (TPSA) is 84.0 Å². The van der Waals surface area contributed by atoms with E-state index in [0.29, 0.717) is 38.0 Å². The lowest BCUT2D eigenvalue weighted by atomic mass is 9.96. The number of hydrogen-bond acceptors (Lipinski definition) is 5. The Hall–Kier alpha value is -2.09. The molecule has 0 bridgehead atoms. The van der Waals surface area contributed by atoms with Crippen LogP contribution in [0.25, 0.3) is 0 Å². The summed E-state index contributed by atoms with van der Waals surface area (Å²) in [5.74, 6) is -0.693. The molecular formula is C19H28N2O5S. The van der Waals surface area contributed by atoms with Crippen LogP contribution in [0.5, 0.6) is 0 Å².